The van der Waals surface area contributed by atoms with E-state index < -0.39 is 0 Å². The average Bonchev–Trinajstić information content (AvgIpc) is 2.77. The Kier molecular flexibility index (Phi) is 4.12. The zero-order valence-corrected chi connectivity index (χ0v) is 10.9. The number of anilines is 1. The van der Waals surface area contributed by atoms with E-state index in [0.717, 1.165) is 23.3 Å². The van der Waals surface area contributed by atoms with Crippen LogP contribution in [0.15, 0.2) is 0 Å². The van der Waals surface area contributed by atoms with Crippen LogP contribution < -0.4 is 5.32 Å². The summed E-state index contributed by atoms with van der Waals surface area (Å²) in [6.07, 6.45) is 5.28. The summed E-state index contributed by atoms with van der Waals surface area (Å²) in [7, 11) is 1.94. The Balaban J connectivity index is 2.02. The lowest BCUT2D eigenvalue weighted by Crippen LogP contribution is -2.38. The van der Waals surface area contributed by atoms with Gasteiger partial charge in [0, 0.05) is 31.2 Å². The van der Waals surface area contributed by atoms with E-state index in [0.29, 0.717) is 0 Å². The van der Waals surface area contributed by atoms with Crippen LogP contribution in [0.1, 0.15) is 38.3 Å². The maximum absolute atomic E-state index is 4.21. The van der Waals surface area contributed by atoms with Crippen molar-refractivity contribution >= 4 is 16.5 Å². The number of nitrogens with zero attached hydrogens (tertiary/aromatic N) is 3. The predicted octanol–water partition coefficient (Wildman–Crippen LogP) is 2.34. The minimum absolute atomic E-state index is 0.736. The van der Waals surface area contributed by atoms with E-state index in [2.05, 4.69) is 26.7 Å². The van der Waals surface area contributed by atoms with Gasteiger partial charge in [-0.25, -0.2) is 0 Å². The zero-order valence-electron chi connectivity index (χ0n) is 10.1. The van der Waals surface area contributed by atoms with Crippen molar-refractivity contribution in [1.29, 1.82) is 0 Å². The standard InChI is InChI=1S/C11H20N4S/c1-3-9-6-4-5-7-15(9)8-10-11(12-2)16-14-13-10/h9,12H,3-8H2,1-2H3. The smallest absolute Gasteiger partial charge is 0.134 e. The monoisotopic (exact) mass is 240 g/mol. The van der Waals surface area contributed by atoms with Gasteiger partial charge >= 0.3 is 0 Å². The second-order valence-corrected chi connectivity index (χ2v) is 5.08. The largest absolute Gasteiger partial charge is 0.377 e. The lowest BCUT2D eigenvalue weighted by molar-refractivity contribution is 0.134. The van der Waals surface area contributed by atoms with Crippen LogP contribution in [0.5, 0.6) is 0 Å². The van der Waals surface area contributed by atoms with Gasteiger partial charge in [-0.15, -0.1) is 5.10 Å². The van der Waals surface area contributed by atoms with Crippen LogP contribution in [0, 0.1) is 0 Å². The maximum Gasteiger partial charge on any atom is 0.134 e. The van der Waals surface area contributed by atoms with Crippen LogP contribution in [-0.2, 0) is 6.54 Å². The Hall–Kier alpha value is -0.680. The molecule has 1 unspecified atom stereocenters. The molecule has 90 valence electrons. The molecule has 0 amide bonds. The summed E-state index contributed by atoms with van der Waals surface area (Å²) in [5, 5.41) is 8.49. The molecular weight excluding hydrogens is 220 g/mol. The fourth-order valence-electron chi connectivity index (χ4n) is 2.42. The van der Waals surface area contributed by atoms with Gasteiger partial charge in [0.05, 0.1) is 0 Å². The molecule has 1 saturated heterocycles. The molecule has 1 fully saturated rings. The number of likely N-dealkylation sites (tertiary alicyclic amines) is 1. The quantitative estimate of drug-likeness (QED) is 0.877. The molecule has 2 rings (SSSR count). The van der Waals surface area contributed by atoms with Gasteiger partial charge in [0.15, 0.2) is 0 Å². The van der Waals surface area contributed by atoms with Crippen molar-refractivity contribution in [2.45, 2.75) is 45.2 Å². The van der Waals surface area contributed by atoms with Crippen LogP contribution in [0.2, 0.25) is 0 Å². The van der Waals surface area contributed by atoms with Gasteiger partial charge in [0.1, 0.15) is 10.7 Å². The normalized spacial score (nSPS) is 22.2. The highest BCUT2D eigenvalue weighted by molar-refractivity contribution is 7.10. The molecule has 0 radical (unpaired) electrons. The summed E-state index contributed by atoms with van der Waals surface area (Å²) in [6.45, 7) is 4.44. The summed E-state index contributed by atoms with van der Waals surface area (Å²) < 4.78 is 4.01. The van der Waals surface area contributed by atoms with Crippen LogP contribution in [0.4, 0.5) is 5.00 Å². The molecule has 1 aliphatic rings. The summed E-state index contributed by atoms with van der Waals surface area (Å²) in [5.41, 5.74) is 1.10. The van der Waals surface area contributed by atoms with Crippen LogP contribution in [-0.4, -0.2) is 34.1 Å². The fourth-order valence-corrected chi connectivity index (χ4v) is 2.95. The highest BCUT2D eigenvalue weighted by Crippen LogP contribution is 2.24. The topological polar surface area (TPSA) is 41.1 Å². The SMILES string of the molecule is CCC1CCCCN1Cc1nnsc1NC. The highest BCUT2D eigenvalue weighted by atomic mass is 32.1. The van der Waals surface area contributed by atoms with Crippen molar-refractivity contribution in [3.05, 3.63) is 5.69 Å². The Morgan fingerprint density at radius 3 is 3.12 bits per heavy atom. The molecule has 16 heavy (non-hydrogen) atoms. The van der Waals surface area contributed by atoms with Gasteiger partial charge in [-0.05, 0) is 25.8 Å². The van der Waals surface area contributed by atoms with E-state index in [1.807, 2.05) is 7.05 Å². The lowest BCUT2D eigenvalue weighted by atomic mass is 10.00. The number of piperidine rings is 1. The molecule has 4 nitrogen and oxygen atoms in total. The first kappa shape index (κ1) is 11.8. The minimum Gasteiger partial charge on any atom is -0.377 e. The molecule has 5 heteroatoms. The molecular formula is C11H20N4S. The van der Waals surface area contributed by atoms with Gasteiger partial charge in [-0.3, -0.25) is 4.90 Å². The molecule has 1 aromatic heterocycles. The van der Waals surface area contributed by atoms with Crippen molar-refractivity contribution in [3.63, 3.8) is 0 Å². The summed E-state index contributed by atoms with van der Waals surface area (Å²) in [4.78, 5) is 2.56. The first-order chi connectivity index (χ1) is 7.85. The fraction of sp³-hybridized carbons (Fsp3) is 0.818. The molecule has 1 aromatic rings. The first-order valence-electron chi connectivity index (χ1n) is 6.08. The second-order valence-electron chi connectivity index (χ2n) is 4.33. The van der Waals surface area contributed by atoms with Gasteiger partial charge in [0.2, 0.25) is 0 Å². The number of hydrogen-bond donors (Lipinski definition) is 1. The van der Waals surface area contributed by atoms with Crippen molar-refractivity contribution in [3.8, 4) is 0 Å². The number of aromatic nitrogens is 2. The summed E-state index contributed by atoms with van der Waals surface area (Å²) >= 11 is 1.45. The Labute approximate surface area is 101 Å². The molecule has 1 aliphatic heterocycles. The van der Waals surface area contributed by atoms with Gasteiger partial charge in [-0.1, -0.05) is 17.8 Å². The number of hydrogen-bond acceptors (Lipinski definition) is 5. The molecule has 1 N–H and O–H groups in total. The van der Waals surface area contributed by atoms with E-state index >= 15 is 0 Å². The van der Waals surface area contributed by atoms with Crippen molar-refractivity contribution in [1.82, 2.24) is 14.5 Å². The van der Waals surface area contributed by atoms with E-state index in [-0.39, 0.29) is 0 Å². The molecule has 0 saturated carbocycles. The van der Waals surface area contributed by atoms with E-state index in [4.69, 9.17) is 0 Å². The Morgan fingerprint density at radius 1 is 1.50 bits per heavy atom. The minimum atomic E-state index is 0.736. The summed E-state index contributed by atoms with van der Waals surface area (Å²) in [6, 6.07) is 0.736. The first-order valence-corrected chi connectivity index (χ1v) is 6.85. The second kappa shape index (κ2) is 5.59. The van der Waals surface area contributed by atoms with Crippen molar-refractivity contribution < 1.29 is 0 Å². The summed E-state index contributed by atoms with van der Waals surface area (Å²) in [5.74, 6) is 0. The van der Waals surface area contributed by atoms with E-state index in [1.54, 1.807) is 0 Å². The third-order valence-corrected chi connectivity index (χ3v) is 4.14. The molecule has 0 aliphatic carbocycles. The van der Waals surface area contributed by atoms with Crippen LogP contribution >= 0.6 is 11.5 Å². The predicted molar refractivity (Wildman–Crippen MR) is 67.8 cm³/mol. The molecule has 0 bridgehead atoms. The van der Waals surface area contributed by atoms with Crippen LogP contribution in [0.3, 0.4) is 0 Å². The third-order valence-electron chi connectivity index (χ3n) is 3.36. The van der Waals surface area contributed by atoms with Crippen molar-refractivity contribution in [2.75, 3.05) is 18.9 Å². The highest BCUT2D eigenvalue weighted by Gasteiger charge is 2.22. The van der Waals surface area contributed by atoms with Gasteiger partial charge < -0.3 is 5.32 Å². The zero-order chi connectivity index (χ0) is 11.4. The van der Waals surface area contributed by atoms with Crippen molar-refractivity contribution in [2.24, 2.45) is 0 Å². The van der Waals surface area contributed by atoms with Crippen LogP contribution in [0.25, 0.3) is 0 Å². The molecule has 2 heterocycles. The lowest BCUT2D eigenvalue weighted by Gasteiger charge is -2.34. The van der Waals surface area contributed by atoms with E-state index in [9.17, 15) is 0 Å². The molecule has 1 atom stereocenters. The maximum atomic E-state index is 4.21. The molecule has 0 aromatic carbocycles. The number of nitrogens with one attached hydrogen (secondary N) is 1. The third kappa shape index (κ3) is 2.52. The number of rotatable bonds is 4. The molecule has 0 spiro atoms. The average molecular weight is 240 g/mol. The van der Waals surface area contributed by atoms with E-state index in [1.165, 1.54) is 43.8 Å². The van der Waals surface area contributed by atoms with Gasteiger partial charge in [-0.2, -0.15) is 0 Å². The van der Waals surface area contributed by atoms with Gasteiger partial charge in [0.25, 0.3) is 0 Å². The Morgan fingerprint density at radius 2 is 2.38 bits per heavy atom. The Bertz CT molecular complexity index is 326.